The second kappa shape index (κ2) is 8.53. The van der Waals surface area contributed by atoms with Crippen molar-refractivity contribution >= 4 is 17.5 Å². The molecule has 0 aliphatic rings. The minimum atomic E-state index is -0.869. The van der Waals surface area contributed by atoms with Crippen LogP contribution in [-0.4, -0.2) is 31.7 Å². The highest BCUT2D eigenvalue weighted by molar-refractivity contribution is 6.35. The van der Waals surface area contributed by atoms with E-state index in [0.717, 1.165) is 0 Å². The number of nitrogens with one attached hydrogen (secondary N) is 2. The summed E-state index contributed by atoms with van der Waals surface area (Å²) in [6, 6.07) is 8.60. The Morgan fingerprint density at radius 3 is 2.52 bits per heavy atom. The van der Waals surface area contributed by atoms with Gasteiger partial charge in [0.05, 0.1) is 32.7 Å². The first kappa shape index (κ1) is 18.1. The van der Waals surface area contributed by atoms with Crippen molar-refractivity contribution in [3.8, 4) is 11.5 Å². The summed E-state index contributed by atoms with van der Waals surface area (Å²) in [5.74, 6) is -0.00439. The molecule has 0 saturated heterocycles. The Morgan fingerprint density at radius 1 is 1.12 bits per heavy atom. The van der Waals surface area contributed by atoms with Crippen molar-refractivity contribution < 1.29 is 23.5 Å². The van der Waals surface area contributed by atoms with Gasteiger partial charge in [0, 0.05) is 5.56 Å². The van der Waals surface area contributed by atoms with E-state index in [2.05, 4.69) is 15.8 Å². The third-order valence-electron chi connectivity index (χ3n) is 3.34. The quantitative estimate of drug-likeness (QED) is 0.469. The highest BCUT2D eigenvalue weighted by Gasteiger charge is 2.13. The van der Waals surface area contributed by atoms with Gasteiger partial charge < -0.3 is 19.2 Å². The summed E-state index contributed by atoms with van der Waals surface area (Å²) in [5.41, 5.74) is 3.44. The molecule has 2 amide bonds. The van der Waals surface area contributed by atoms with Gasteiger partial charge in [-0.3, -0.25) is 9.59 Å². The lowest BCUT2D eigenvalue weighted by Crippen LogP contribution is -2.37. The van der Waals surface area contributed by atoms with Crippen molar-refractivity contribution in [2.45, 2.75) is 13.5 Å². The van der Waals surface area contributed by atoms with Crippen LogP contribution in [-0.2, 0) is 16.1 Å². The van der Waals surface area contributed by atoms with Gasteiger partial charge in [0.2, 0.25) is 0 Å². The summed E-state index contributed by atoms with van der Waals surface area (Å²) in [5, 5.41) is 6.36. The fourth-order valence-corrected chi connectivity index (χ4v) is 1.97. The number of hydrogen-bond acceptors (Lipinski definition) is 6. The summed E-state index contributed by atoms with van der Waals surface area (Å²) >= 11 is 0. The average molecular weight is 345 g/mol. The van der Waals surface area contributed by atoms with Gasteiger partial charge in [-0.1, -0.05) is 0 Å². The van der Waals surface area contributed by atoms with Crippen molar-refractivity contribution in [1.29, 1.82) is 0 Å². The Hall–Kier alpha value is -3.29. The molecule has 2 N–H and O–H groups in total. The van der Waals surface area contributed by atoms with Crippen LogP contribution in [0.2, 0.25) is 0 Å². The maximum atomic E-state index is 11.8. The number of carbonyl (C=O) groups is 2. The molecule has 0 saturated carbocycles. The highest BCUT2D eigenvalue weighted by Crippen LogP contribution is 2.27. The molecule has 2 aromatic rings. The van der Waals surface area contributed by atoms with E-state index in [1.165, 1.54) is 13.4 Å². The number of hydrogen-bond donors (Lipinski definition) is 2. The largest absolute Gasteiger partial charge is 0.493 e. The number of nitrogens with zero attached hydrogens (tertiary/aromatic N) is 1. The van der Waals surface area contributed by atoms with Crippen molar-refractivity contribution in [3.63, 3.8) is 0 Å². The Labute approximate surface area is 144 Å². The van der Waals surface area contributed by atoms with Crippen molar-refractivity contribution in [2.75, 3.05) is 14.2 Å². The Kier molecular flexibility index (Phi) is 6.16. The molecule has 0 fully saturated rings. The molecule has 25 heavy (non-hydrogen) atoms. The SMILES string of the molecule is COc1ccc(/C(C)=N\NC(=O)C(=O)NCc2ccco2)cc1OC. The van der Waals surface area contributed by atoms with E-state index >= 15 is 0 Å². The van der Waals surface area contributed by atoms with Gasteiger partial charge in [0.15, 0.2) is 11.5 Å². The predicted octanol–water partition coefficient (Wildman–Crippen LogP) is 1.45. The fourth-order valence-electron chi connectivity index (χ4n) is 1.97. The number of carbonyl (C=O) groups excluding carboxylic acids is 2. The number of ether oxygens (including phenoxy) is 2. The van der Waals surface area contributed by atoms with E-state index in [1.54, 1.807) is 44.4 Å². The van der Waals surface area contributed by atoms with Crippen LogP contribution in [0.4, 0.5) is 0 Å². The lowest BCUT2D eigenvalue weighted by atomic mass is 10.1. The van der Waals surface area contributed by atoms with Crippen LogP contribution in [0.15, 0.2) is 46.1 Å². The molecule has 0 atom stereocenters. The number of amides is 2. The second-order valence-corrected chi connectivity index (χ2v) is 4.97. The first-order valence-electron chi connectivity index (χ1n) is 7.42. The number of rotatable bonds is 6. The molecular formula is C17H19N3O5. The second-order valence-electron chi connectivity index (χ2n) is 4.97. The van der Waals surface area contributed by atoms with Gasteiger partial charge in [0.1, 0.15) is 5.76 Å². The normalized spacial score (nSPS) is 10.9. The van der Waals surface area contributed by atoms with E-state index in [9.17, 15) is 9.59 Å². The van der Waals surface area contributed by atoms with Crippen molar-refractivity contribution in [1.82, 2.24) is 10.7 Å². The van der Waals surface area contributed by atoms with Gasteiger partial charge in [-0.15, -0.1) is 0 Å². The topological polar surface area (TPSA) is 102 Å². The van der Waals surface area contributed by atoms with Crippen molar-refractivity contribution in [3.05, 3.63) is 47.9 Å². The Bertz CT molecular complexity index is 769. The monoisotopic (exact) mass is 345 g/mol. The first-order valence-corrected chi connectivity index (χ1v) is 7.42. The molecular weight excluding hydrogens is 326 g/mol. The summed E-state index contributed by atoms with van der Waals surface area (Å²) in [4.78, 5) is 23.5. The first-order chi connectivity index (χ1) is 12.0. The summed E-state index contributed by atoms with van der Waals surface area (Å²) in [6.07, 6.45) is 1.48. The maximum absolute atomic E-state index is 11.8. The lowest BCUT2D eigenvalue weighted by molar-refractivity contribution is -0.139. The van der Waals surface area contributed by atoms with Crippen LogP contribution in [0.5, 0.6) is 11.5 Å². The standard InChI is InChI=1S/C17H19N3O5/c1-11(12-6-7-14(23-2)15(9-12)24-3)19-20-17(22)16(21)18-10-13-5-4-8-25-13/h4-9H,10H2,1-3H3,(H,18,21)(H,20,22)/b19-11-. The van der Waals surface area contributed by atoms with Gasteiger partial charge in [-0.2, -0.15) is 5.10 Å². The van der Waals surface area contributed by atoms with E-state index < -0.39 is 11.8 Å². The van der Waals surface area contributed by atoms with E-state index in [0.29, 0.717) is 28.5 Å². The van der Waals surface area contributed by atoms with Crippen LogP contribution in [0.1, 0.15) is 18.2 Å². The lowest BCUT2D eigenvalue weighted by Gasteiger charge is -2.09. The predicted molar refractivity (Wildman–Crippen MR) is 90.5 cm³/mol. The highest BCUT2D eigenvalue weighted by atomic mass is 16.5. The number of benzene rings is 1. The molecule has 0 aliphatic heterocycles. The van der Waals surface area contributed by atoms with E-state index in [-0.39, 0.29) is 6.54 Å². The van der Waals surface area contributed by atoms with Crippen LogP contribution in [0, 0.1) is 0 Å². The molecule has 8 heteroatoms. The number of hydrazone groups is 1. The molecule has 0 aliphatic carbocycles. The smallest absolute Gasteiger partial charge is 0.329 e. The third kappa shape index (κ3) is 4.84. The number of furan rings is 1. The number of methoxy groups -OCH3 is 2. The fraction of sp³-hybridized carbons (Fsp3) is 0.235. The molecule has 8 nitrogen and oxygen atoms in total. The van der Waals surface area contributed by atoms with Crippen LogP contribution < -0.4 is 20.2 Å². The van der Waals surface area contributed by atoms with Gasteiger partial charge in [0.25, 0.3) is 0 Å². The minimum Gasteiger partial charge on any atom is -0.493 e. The molecule has 1 aromatic carbocycles. The zero-order valence-electron chi connectivity index (χ0n) is 14.2. The third-order valence-corrected chi connectivity index (χ3v) is 3.34. The molecule has 1 aromatic heterocycles. The molecule has 2 rings (SSSR count). The molecule has 0 unspecified atom stereocenters. The summed E-state index contributed by atoms with van der Waals surface area (Å²) in [6.45, 7) is 1.82. The van der Waals surface area contributed by atoms with Crippen LogP contribution in [0.3, 0.4) is 0 Å². The molecule has 0 bridgehead atoms. The van der Waals surface area contributed by atoms with Gasteiger partial charge in [-0.05, 0) is 37.3 Å². The minimum absolute atomic E-state index is 0.123. The molecule has 132 valence electrons. The molecule has 0 radical (unpaired) electrons. The maximum Gasteiger partial charge on any atom is 0.329 e. The molecule has 0 spiro atoms. The van der Waals surface area contributed by atoms with E-state index in [1.807, 2.05) is 0 Å². The van der Waals surface area contributed by atoms with E-state index in [4.69, 9.17) is 13.9 Å². The van der Waals surface area contributed by atoms with Gasteiger partial charge in [-0.25, -0.2) is 5.43 Å². The van der Waals surface area contributed by atoms with Crippen LogP contribution in [0.25, 0.3) is 0 Å². The zero-order chi connectivity index (χ0) is 18.2. The van der Waals surface area contributed by atoms with Crippen LogP contribution >= 0.6 is 0 Å². The Balaban J connectivity index is 1.95. The summed E-state index contributed by atoms with van der Waals surface area (Å²) in [7, 11) is 3.07. The zero-order valence-corrected chi connectivity index (χ0v) is 14.2. The average Bonchev–Trinajstić information content (AvgIpc) is 3.16. The van der Waals surface area contributed by atoms with Gasteiger partial charge >= 0.3 is 11.8 Å². The molecule has 1 heterocycles. The van der Waals surface area contributed by atoms with Crippen molar-refractivity contribution in [2.24, 2.45) is 5.10 Å². The Morgan fingerprint density at radius 2 is 1.88 bits per heavy atom. The summed E-state index contributed by atoms with van der Waals surface area (Å²) < 4.78 is 15.4.